The molecule has 0 heterocycles. The Bertz CT molecular complexity index is 1190. The molecule has 0 atom stereocenters. The molecule has 0 radical (unpaired) electrons. The molecule has 0 unspecified atom stereocenters. The average molecular weight is 456 g/mol. The zero-order chi connectivity index (χ0) is 24.5. The second-order valence-corrected chi connectivity index (χ2v) is 11.5. The summed E-state index contributed by atoms with van der Waals surface area (Å²) in [6.07, 6.45) is 1.11. The Morgan fingerprint density at radius 1 is 1.03 bits per heavy atom. The highest BCUT2D eigenvalue weighted by Crippen LogP contribution is 2.42. The van der Waals surface area contributed by atoms with Gasteiger partial charge in [-0.1, -0.05) is 59.8 Å². The van der Waals surface area contributed by atoms with Gasteiger partial charge in [-0.05, 0) is 40.7 Å². The Balaban J connectivity index is 2.95. The summed E-state index contributed by atoms with van der Waals surface area (Å²) in [7, 11) is -4.29. The fourth-order valence-electron chi connectivity index (χ4n) is 3.44. The lowest BCUT2D eigenvalue weighted by atomic mass is 9.78. The number of hydrogen-bond acceptors (Lipinski definition) is 5. The second kappa shape index (κ2) is 8.79. The van der Waals surface area contributed by atoms with Crippen LogP contribution in [0.5, 0.6) is 5.75 Å². The minimum absolute atomic E-state index is 0.0942. The predicted molar refractivity (Wildman–Crippen MR) is 124 cm³/mol. The van der Waals surface area contributed by atoms with Gasteiger partial charge in [-0.15, -0.1) is 0 Å². The second-order valence-electron chi connectivity index (χ2n) is 9.66. The van der Waals surface area contributed by atoms with Crippen molar-refractivity contribution in [1.29, 1.82) is 5.26 Å². The molecule has 0 aliphatic rings. The van der Waals surface area contributed by atoms with Gasteiger partial charge < -0.3 is 10.2 Å². The number of nitriles is 1. The smallest absolute Gasteiger partial charge is 0.337 e. The molecule has 0 saturated heterocycles. The molecule has 0 aliphatic heterocycles. The zero-order valence-electron chi connectivity index (χ0n) is 19.2. The number of hydrogen-bond donors (Lipinski definition) is 2. The van der Waals surface area contributed by atoms with E-state index in [0.717, 1.165) is 0 Å². The number of phenols is 1. The van der Waals surface area contributed by atoms with E-state index in [9.17, 15) is 23.4 Å². The monoisotopic (exact) mass is 455 g/mol. The van der Waals surface area contributed by atoms with Crippen molar-refractivity contribution < 1.29 is 23.4 Å². The van der Waals surface area contributed by atoms with Crippen molar-refractivity contribution in [3.63, 3.8) is 0 Å². The Morgan fingerprint density at radius 2 is 1.53 bits per heavy atom. The molecule has 0 aromatic heterocycles. The van der Waals surface area contributed by atoms with Gasteiger partial charge in [0, 0.05) is 11.1 Å². The van der Waals surface area contributed by atoms with E-state index in [-0.39, 0.29) is 27.5 Å². The molecule has 32 heavy (non-hydrogen) atoms. The topological polar surface area (TPSA) is 115 Å². The molecule has 2 aromatic rings. The van der Waals surface area contributed by atoms with Gasteiger partial charge in [0.05, 0.1) is 27.9 Å². The first-order chi connectivity index (χ1) is 14.6. The zero-order valence-corrected chi connectivity index (χ0v) is 20.0. The summed E-state index contributed by atoms with van der Waals surface area (Å²) in [5, 5.41) is 29.6. The molecular formula is C25H29NO5S. The molecule has 0 spiro atoms. The number of sulfone groups is 1. The molecule has 2 aromatic carbocycles. The molecule has 0 saturated carbocycles. The lowest BCUT2D eigenvalue weighted by Crippen LogP contribution is -2.19. The number of benzene rings is 2. The van der Waals surface area contributed by atoms with Crippen molar-refractivity contribution in [2.45, 2.75) is 63.7 Å². The first-order valence-electron chi connectivity index (χ1n) is 10.1. The summed E-state index contributed by atoms with van der Waals surface area (Å²) in [5.74, 6) is -1.27. The van der Waals surface area contributed by atoms with Gasteiger partial charge in [0.25, 0.3) is 0 Å². The summed E-state index contributed by atoms with van der Waals surface area (Å²) in [4.78, 5) is 11.2. The van der Waals surface area contributed by atoms with Crippen LogP contribution < -0.4 is 0 Å². The van der Waals surface area contributed by atoms with Crippen LogP contribution in [0.25, 0.3) is 4.91 Å². The fraction of sp³-hybridized carbons (Fsp3) is 0.360. The molecule has 0 aliphatic carbocycles. The number of carbonyl (C=O) groups is 1. The van der Waals surface area contributed by atoms with Gasteiger partial charge in [0.1, 0.15) is 5.75 Å². The molecule has 0 amide bonds. The van der Waals surface area contributed by atoms with Gasteiger partial charge in [-0.25, -0.2) is 13.2 Å². The Morgan fingerprint density at radius 3 is 1.97 bits per heavy atom. The van der Waals surface area contributed by atoms with Gasteiger partial charge >= 0.3 is 5.97 Å². The molecule has 0 bridgehead atoms. The molecule has 7 heteroatoms. The van der Waals surface area contributed by atoms with Gasteiger partial charge in [-0.2, -0.15) is 5.26 Å². The number of rotatable bonds is 5. The number of phenolic OH excluding ortho intramolecular Hbond substituents is 1. The SMILES string of the molecule is CC(C)(C)c1cc(/C(=C/CC#N)S(=O)(=O)c2ccccc2C(=O)O)cc(C(C)(C)C)c1O. The number of nitrogens with zero attached hydrogens (tertiary/aromatic N) is 1. The van der Waals surface area contributed by atoms with E-state index in [4.69, 9.17) is 5.26 Å². The van der Waals surface area contributed by atoms with Crippen LogP contribution in [0.4, 0.5) is 0 Å². The number of carboxylic acids is 1. The van der Waals surface area contributed by atoms with Gasteiger partial charge in [0.15, 0.2) is 0 Å². The fourth-order valence-corrected chi connectivity index (χ4v) is 5.11. The number of aromatic hydroxyl groups is 1. The third-order valence-corrected chi connectivity index (χ3v) is 7.00. The van der Waals surface area contributed by atoms with E-state index in [1.807, 2.05) is 47.6 Å². The molecule has 2 N–H and O–H groups in total. The largest absolute Gasteiger partial charge is 0.507 e. The lowest BCUT2D eigenvalue weighted by Gasteiger charge is -2.28. The molecule has 0 fully saturated rings. The normalized spacial score (nSPS) is 13.0. The average Bonchev–Trinajstić information content (AvgIpc) is 2.67. The summed E-state index contributed by atoms with van der Waals surface area (Å²) in [6.45, 7) is 11.4. The van der Waals surface area contributed by atoms with E-state index in [0.29, 0.717) is 16.7 Å². The minimum atomic E-state index is -4.29. The molecule has 2 rings (SSSR count). The first-order valence-corrected chi connectivity index (χ1v) is 11.6. The van der Waals surface area contributed by atoms with E-state index >= 15 is 0 Å². The van der Waals surface area contributed by atoms with Crippen LogP contribution >= 0.6 is 0 Å². The highest BCUT2D eigenvalue weighted by molar-refractivity contribution is 8.00. The van der Waals surface area contributed by atoms with E-state index < -0.39 is 26.6 Å². The number of aromatic carboxylic acids is 1. The van der Waals surface area contributed by atoms with Crippen LogP contribution in [0, 0.1) is 11.3 Å². The van der Waals surface area contributed by atoms with Crippen molar-refractivity contribution >= 4 is 20.7 Å². The maximum Gasteiger partial charge on any atom is 0.337 e. The maximum atomic E-state index is 13.7. The Labute approximate surface area is 189 Å². The van der Waals surface area contributed by atoms with Crippen molar-refractivity contribution in [3.8, 4) is 11.8 Å². The number of allylic oxidation sites excluding steroid dienone is 1. The van der Waals surface area contributed by atoms with E-state index in [2.05, 4.69) is 0 Å². The highest BCUT2D eigenvalue weighted by atomic mass is 32.2. The maximum absolute atomic E-state index is 13.7. The van der Waals surface area contributed by atoms with Crippen molar-refractivity contribution in [2.24, 2.45) is 0 Å². The van der Waals surface area contributed by atoms with Gasteiger partial charge in [0.2, 0.25) is 9.84 Å². The van der Waals surface area contributed by atoms with Crippen LogP contribution in [0.1, 0.15) is 75.0 Å². The first kappa shape index (κ1) is 25.2. The summed E-state index contributed by atoms with van der Waals surface area (Å²) < 4.78 is 27.3. The van der Waals surface area contributed by atoms with E-state index in [1.54, 1.807) is 12.1 Å². The summed E-state index contributed by atoms with van der Waals surface area (Å²) in [5.41, 5.74) is 0.0788. The van der Waals surface area contributed by atoms with Crippen molar-refractivity contribution in [3.05, 3.63) is 64.7 Å². The highest BCUT2D eigenvalue weighted by Gasteiger charge is 2.31. The molecular weight excluding hydrogens is 426 g/mol. The van der Waals surface area contributed by atoms with Crippen molar-refractivity contribution in [1.82, 2.24) is 0 Å². The predicted octanol–water partition coefficient (Wildman–Crippen LogP) is 5.41. The third-order valence-electron chi connectivity index (χ3n) is 5.09. The van der Waals surface area contributed by atoms with Crippen LogP contribution in [0.3, 0.4) is 0 Å². The molecule has 170 valence electrons. The van der Waals surface area contributed by atoms with E-state index in [1.165, 1.54) is 30.3 Å². The van der Waals surface area contributed by atoms with Crippen LogP contribution in [-0.4, -0.2) is 24.6 Å². The minimum Gasteiger partial charge on any atom is -0.507 e. The Hall–Kier alpha value is -3.11. The summed E-state index contributed by atoms with van der Waals surface area (Å²) in [6, 6.07) is 10.5. The van der Waals surface area contributed by atoms with Crippen LogP contribution in [0.15, 0.2) is 47.4 Å². The third kappa shape index (κ3) is 5.03. The molecule has 6 nitrogen and oxygen atoms in total. The van der Waals surface area contributed by atoms with Crippen LogP contribution in [-0.2, 0) is 20.7 Å². The van der Waals surface area contributed by atoms with Crippen LogP contribution in [0.2, 0.25) is 0 Å². The number of carboxylic acid groups (broad SMARTS) is 1. The van der Waals surface area contributed by atoms with Crippen molar-refractivity contribution in [2.75, 3.05) is 0 Å². The summed E-state index contributed by atoms with van der Waals surface area (Å²) >= 11 is 0. The quantitative estimate of drug-likeness (QED) is 0.622. The standard InChI is InChI=1S/C25H29NO5S/c1-24(2,3)18-14-16(15-19(22(18)27)25(4,5)6)20(12-9-13-26)32(30,31)21-11-8-7-10-17(21)23(28)29/h7-8,10-12,14-15,27H,9H2,1-6H3,(H,28,29)/b20-12-. The Kier molecular flexibility index (Phi) is 6.91. The lowest BCUT2D eigenvalue weighted by molar-refractivity contribution is 0.0692. The van der Waals surface area contributed by atoms with Gasteiger partial charge in [-0.3, -0.25) is 0 Å².